The number of nitrogens with zero attached hydrogens (tertiary/aromatic N) is 2. The topological polar surface area (TPSA) is 40.6 Å². The molecule has 122 valence electrons. The average Bonchev–Trinajstić information content (AvgIpc) is 2.54. The van der Waals surface area contributed by atoms with Crippen molar-refractivity contribution < 1.29 is 17.2 Å². The standard InChI is InChI=1S/C15H20F2N2O2S/c16-15(17)22(20,21)14-7-2-1-6-13(14)19-10-9-18-8-4-3-5-12(18)11-19/h1-2,6-7,12,15H,3-5,8-11H2. The minimum Gasteiger partial charge on any atom is -0.368 e. The van der Waals surface area contributed by atoms with E-state index in [9.17, 15) is 17.2 Å². The van der Waals surface area contributed by atoms with Crippen molar-refractivity contribution in [3.8, 4) is 0 Å². The van der Waals surface area contributed by atoms with Crippen LogP contribution in [0.4, 0.5) is 14.5 Å². The molecule has 0 aliphatic carbocycles. The number of rotatable bonds is 3. The Kier molecular flexibility index (Phi) is 4.36. The first kappa shape index (κ1) is 15.7. The van der Waals surface area contributed by atoms with Crippen molar-refractivity contribution in [2.24, 2.45) is 0 Å². The van der Waals surface area contributed by atoms with Crippen molar-refractivity contribution in [2.45, 2.75) is 36.0 Å². The molecule has 2 aliphatic heterocycles. The maximum absolute atomic E-state index is 12.9. The Hall–Kier alpha value is -1.21. The van der Waals surface area contributed by atoms with Crippen LogP contribution >= 0.6 is 0 Å². The molecule has 0 saturated carbocycles. The van der Waals surface area contributed by atoms with Gasteiger partial charge in [0.05, 0.1) is 10.6 Å². The lowest BCUT2D eigenvalue weighted by Gasteiger charge is -2.45. The van der Waals surface area contributed by atoms with E-state index in [2.05, 4.69) is 4.90 Å². The summed E-state index contributed by atoms with van der Waals surface area (Å²) in [4.78, 5) is 4.11. The molecule has 1 aromatic rings. The zero-order valence-electron chi connectivity index (χ0n) is 12.3. The molecule has 3 rings (SSSR count). The van der Waals surface area contributed by atoms with Crippen LogP contribution in [0.25, 0.3) is 0 Å². The molecule has 1 unspecified atom stereocenters. The third-order valence-electron chi connectivity index (χ3n) is 4.58. The van der Waals surface area contributed by atoms with Crippen LogP contribution in [0.5, 0.6) is 0 Å². The molecule has 2 fully saturated rings. The van der Waals surface area contributed by atoms with Gasteiger partial charge in [0, 0.05) is 25.7 Å². The summed E-state index contributed by atoms with van der Waals surface area (Å²) in [7, 11) is -4.57. The number of alkyl halides is 2. The van der Waals surface area contributed by atoms with Gasteiger partial charge < -0.3 is 4.90 Å². The van der Waals surface area contributed by atoms with Gasteiger partial charge in [0.25, 0.3) is 0 Å². The number of sulfone groups is 1. The van der Waals surface area contributed by atoms with Gasteiger partial charge in [-0.25, -0.2) is 8.42 Å². The second-order valence-electron chi connectivity index (χ2n) is 5.90. The number of anilines is 1. The lowest BCUT2D eigenvalue weighted by atomic mass is 9.99. The maximum Gasteiger partial charge on any atom is 0.341 e. The van der Waals surface area contributed by atoms with Crippen LogP contribution in [0.2, 0.25) is 0 Å². The van der Waals surface area contributed by atoms with E-state index in [0.29, 0.717) is 24.8 Å². The van der Waals surface area contributed by atoms with Crippen LogP contribution < -0.4 is 4.90 Å². The lowest BCUT2D eigenvalue weighted by molar-refractivity contribution is 0.133. The first-order chi connectivity index (χ1) is 10.5. The molecule has 2 saturated heterocycles. The number of para-hydroxylation sites is 1. The average molecular weight is 330 g/mol. The Balaban J connectivity index is 1.89. The van der Waals surface area contributed by atoms with Gasteiger partial charge in [0.15, 0.2) is 0 Å². The molecule has 4 nitrogen and oxygen atoms in total. The lowest BCUT2D eigenvalue weighted by Crippen LogP contribution is -2.55. The Morgan fingerprint density at radius 2 is 1.86 bits per heavy atom. The first-order valence-electron chi connectivity index (χ1n) is 7.60. The minimum absolute atomic E-state index is 0.255. The molecule has 7 heteroatoms. The van der Waals surface area contributed by atoms with Gasteiger partial charge in [0.2, 0.25) is 9.84 Å². The van der Waals surface area contributed by atoms with Crippen LogP contribution in [-0.2, 0) is 9.84 Å². The molecular formula is C15H20F2N2O2S. The summed E-state index contributed by atoms with van der Waals surface area (Å²) in [5.41, 5.74) is 0.410. The number of hydrogen-bond donors (Lipinski definition) is 0. The summed E-state index contributed by atoms with van der Waals surface area (Å²) in [6.07, 6.45) is 3.46. The van der Waals surface area contributed by atoms with Crippen molar-refractivity contribution in [3.63, 3.8) is 0 Å². The fraction of sp³-hybridized carbons (Fsp3) is 0.600. The van der Waals surface area contributed by atoms with Gasteiger partial charge in [-0.05, 0) is 31.5 Å². The monoisotopic (exact) mass is 330 g/mol. The number of piperidine rings is 1. The highest BCUT2D eigenvalue weighted by Gasteiger charge is 2.34. The van der Waals surface area contributed by atoms with Crippen molar-refractivity contribution >= 4 is 15.5 Å². The summed E-state index contributed by atoms with van der Waals surface area (Å²) < 4.78 is 49.6. The number of fused-ring (bicyclic) bond motifs is 1. The highest BCUT2D eigenvalue weighted by atomic mass is 32.2. The highest BCUT2D eigenvalue weighted by molar-refractivity contribution is 7.91. The maximum atomic E-state index is 12.9. The third kappa shape index (κ3) is 2.84. The van der Waals surface area contributed by atoms with Crippen molar-refractivity contribution in [3.05, 3.63) is 24.3 Å². The van der Waals surface area contributed by atoms with Crippen LogP contribution in [0.1, 0.15) is 19.3 Å². The number of piperazine rings is 1. The molecular weight excluding hydrogens is 310 g/mol. The molecule has 0 spiro atoms. The summed E-state index contributed by atoms with van der Waals surface area (Å²) in [5.74, 6) is -3.38. The predicted molar refractivity (Wildman–Crippen MR) is 81.1 cm³/mol. The van der Waals surface area contributed by atoms with E-state index in [-0.39, 0.29) is 4.90 Å². The first-order valence-corrected chi connectivity index (χ1v) is 9.15. The van der Waals surface area contributed by atoms with Crippen molar-refractivity contribution in [2.75, 3.05) is 31.1 Å². The summed E-state index contributed by atoms with van der Waals surface area (Å²) in [6.45, 7) is 3.31. The van der Waals surface area contributed by atoms with Gasteiger partial charge in [-0.15, -0.1) is 0 Å². The summed E-state index contributed by atoms with van der Waals surface area (Å²) in [5, 5.41) is 0. The van der Waals surface area contributed by atoms with Crippen LogP contribution in [0, 0.1) is 0 Å². The molecule has 0 aromatic heterocycles. The molecule has 1 aromatic carbocycles. The van der Waals surface area contributed by atoms with Crippen molar-refractivity contribution in [1.29, 1.82) is 0 Å². The second-order valence-corrected chi connectivity index (χ2v) is 7.79. The van der Waals surface area contributed by atoms with Crippen LogP contribution in [0.3, 0.4) is 0 Å². The van der Waals surface area contributed by atoms with Gasteiger partial charge >= 0.3 is 5.76 Å². The Morgan fingerprint density at radius 1 is 1.09 bits per heavy atom. The molecule has 0 radical (unpaired) electrons. The smallest absolute Gasteiger partial charge is 0.341 e. The summed E-state index contributed by atoms with van der Waals surface area (Å²) in [6, 6.07) is 6.50. The van der Waals surface area contributed by atoms with E-state index in [0.717, 1.165) is 19.5 Å². The molecule has 0 bridgehead atoms. The molecule has 2 aliphatic rings. The quantitative estimate of drug-likeness (QED) is 0.853. The zero-order chi connectivity index (χ0) is 15.7. The fourth-order valence-electron chi connectivity index (χ4n) is 3.43. The zero-order valence-corrected chi connectivity index (χ0v) is 13.1. The van der Waals surface area contributed by atoms with E-state index in [1.165, 1.54) is 25.0 Å². The normalized spacial score (nSPS) is 23.6. The fourth-order valence-corrected chi connectivity index (χ4v) is 4.38. The number of halogens is 2. The van der Waals surface area contributed by atoms with E-state index in [1.807, 2.05) is 4.90 Å². The molecule has 1 atom stereocenters. The van der Waals surface area contributed by atoms with E-state index < -0.39 is 15.6 Å². The molecule has 0 N–H and O–H groups in total. The third-order valence-corrected chi connectivity index (χ3v) is 6.01. The van der Waals surface area contributed by atoms with Crippen LogP contribution in [0.15, 0.2) is 29.2 Å². The van der Waals surface area contributed by atoms with E-state index in [1.54, 1.807) is 12.1 Å². The molecule has 2 heterocycles. The minimum atomic E-state index is -4.57. The van der Waals surface area contributed by atoms with Gasteiger partial charge in [-0.1, -0.05) is 18.6 Å². The van der Waals surface area contributed by atoms with Gasteiger partial charge in [-0.2, -0.15) is 8.78 Å². The summed E-state index contributed by atoms with van der Waals surface area (Å²) >= 11 is 0. The predicted octanol–water partition coefficient (Wildman–Crippen LogP) is 2.36. The number of hydrogen-bond acceptors (Lipinski definition) is 4. The largest absolute Gasteiger partial charge is 0.368 e. The Morgan fingerprint density at radius 3 is 2.64 bits per heavy atom. The molecule has 0 amide bonds. The van der Waals surface area contributed by atoms with E-state index in [4.69, 9.17) is 0 Å². The second kappa shape index (κ2) is 6.12. The van der Waals surface area contributed by atoms with Crippen LogP contribution in [-0.4, -0.2) is 51.3 Å². The van der Waals surface area contributed by atoms with E-state index >= 15 is 0 Å². The SMILES string of the molecule is O=S(=O)(c1ccccc1N1CCN2CCCCC2C1)C(F)F. The number of benzene rings is 1. The van der Waals surface area contributed by atoms with Crippen molar-refractivity contribution in [1.82, 2.24) is 4.90 Å². The van der Waals surface area contributed by atoms with Gasteiger partial charge in [-0.3, -0.25) is 4.90 Å². The van der Waals surface area contributed by atoms with Gasteiger partial charge in [0.1, 0.15) is 0 Å². The highest BCUT2D eigenvalue weighted by Crippen LogP contribution is 2.32. The molecule has 22 heavy (non-hydrogen) atoms. The Bertz CT molecular complexity index is 636. The Labute approximate surface area is 129 Å².